The van der Waals surface area contributed by atoms with Crippen LogP contribution in [0, 0.1) is 0 Å². The lowest BCUT2D eigenvalue weighted by Gasteiger charge is -2.18. The van der Waals surface area contributed by atoms with Gasteiger partial charge in [-0.3, -0.25) is 0 Å². The number of thiophene rings is 1. The first-order chi connectivity index (χ1) is 9.29. The van der Waals surface area contributed by atoms with Crippen molar-refractivity contribution in [3.8, 4) is 0 Å². The third kappa shape index (κ3) is 4.33. The van der Waals surface area contributed by atoms with E-state index >= 15 is 0 Å². The Labute approximate surface area is 119 Å². The van der Waals surface area contributed by atoms with Gasteiger partial charge in [0, 0.05) is 24.7 Å². The van der Waals surface area contributed by atoms with E-state index in [4.69, 9.17) is 0 Å². The van der Waals surface area contributed by atoms with Gasteiger partial charge in [-0.25, -0.2) is 4.98 Å². The molecule has 0 saturated carbocycles. The molecular weight excluding hydrogens is 254 g/mol. The van der Waals surface area contributed by atoms with Crippen molar-refractivity contribution in [1.29, 1.82) is 0 Å². The molecule has 0 amide bonds. The number of rotatable bonds is 7. The van der Waals surface area contributed by atoms with Crippen molar-refractivity contribution in [3.63, 3.8) is 0 Å². The van der Waals surface area contributed by atoms with Crippen molar-refractivity contribution in [1.82, 2.24) is 10.3 Å². The van der Waals surface area contributed by atoms with Crippen molar-refractivity contribution in [3.05, 3.63) is 46.3 Å². The lowest BCUT2D eigenvalue weighted by Crippen LogP contribution is -2.18. The molecule has 0 aliphatic rings. The smallest absolute Gasteiger partial charge is 0.128 e. The normalized spacial score (nSPS) is 10.6. The van der Waals surface area contributed by atoms with E-state index in [9.17, 15) is 0 Å². The molecule has 102 valence electrons. The fraction of sp³-hybridized carbons (Fsp3) is 0.400. The Morgan fingerprint density at radius 2 is 2.26 bits per heavy atom. The molecule has 0 aliphatic carbocycles. The molecule has 0 saturated heterocycles. The van der Waals surface area contributed by atoms with E-state index in [1.807, 2.05) is 6.20 Å². The number of anilines is 1. The minimum atomic E-state index is 0.913. The lowest BCUT2D eigenvalue weighted by molar-refractivity contribution is 0.674. The molecule has 0 fully saturated rings. The highest BCUT2D eigenvalue weighted by Gasteiger charge is 2.05. The second-order valence-corrected chi connectivity index (χ2v) is 5.67. The molecule has 0 spiro atoms. The summed E-state index contributed by atoms with van der Waals surface area (Å²) in [5, 5.41) is 5.53. The molecule has 2 rings (SSSR count). The summed E-state index contributed by atoms with van der Waals surface area (Å²) in [6.45, 7) is 5.06. The van der Waals surface area contributed by atoms with Crippen molar-refractivity contribution in [2.45, 2.75) is 26.4 Å². The Morgan fingerprint density at radius 1 is 1.37 bits per heavy atom. The van der Waals surface area contributed by atoms with Gasteiger partial charge < -0.3 is 10.2 Å². The van der Waals surface area contributed by atoms with Crippen LogP contribution in [0.3, 0.4) is 0 Å². The molecule has 2 aromatic rings. The Bertz CT molecular complexity index is 482. The van der Waals surface area contributed by atoms with Crippen LogP contribution in [0.4, 0.5) is 5.82 Å². The van der Waals surface area contributed by atoms with Gasteiger partial charge in [0.1, 0.15) is 5.82 Å². The summed E-state index contributed by atoms with van der Waals surface area (Å²) in [6, 6.07) is 8.49. The average Bonchev–Trinajstić information content (AvgIpc) is 2.92. The van der Waals surface area contributed by atoms with Gasteiger partial charge in [-0.05, 0) is 42.1 Å². The minimum absolute atomic E-state index is 0.913. The molecule has 0 aromatic carbocycles. The Hall–Kier alpha value is -1.39. The summed E-state index contributed by atoms with van der Waals surface area (Å²) in [4.78, 5) is 8.00. The SMILES string of the molecule is CCCNCc1ccnc(N(C)Cc2cccs2)c1. The molecule has 4 heteroatoms. The highest BCUT2D eigenvalue weighted by atomic mass is 32.1. The van der Waals surface area contributed by atoms with Crippen LogP contribution in [-0.4, -0.2) is 18.6 Å². The molecule has 0 aliphatic heterocycles. The number of hydrogen-bond acceptors (Lipinski definition) is 4. The van der Waals surface area contributed by atoms with Gasteiger partial charge in [0.15, 0.2) is 0 Å². The Kier molecular flexibility index (Phi) is 5.36. The summed E-state index contributed by atoms with van der Waals surface area (Å²) in [7, 11) is 2.09. The first kappa shape index (κ1) is 14.0. The third-order valence-electron chi connectivity index (χ3n) is 2.93. The fourth-order valence-corrected chi connectivity index (χ4v) is 2.66. The van der Waals surface area contributed by atoms with E-state index in [-0.39, 0.29) is 0 Å². The fourth-order valence-electron chi connectivity index (χ4n) is 1.91. The van der Waals surface area contributed by atoms with E-state index in [2.05, 4.69) is 58.8 Å². The maximum absolute atomic E-state index is 4.45. The van der Waals surface area contributed by atoms with Gasteiger partial charge in [-0.2, -0.15) is 0 Å². The lowest BCUT2D eigenvalue weighted by atomic mass is 10.2. The number of aromatic nitrogens is 1. The zero-order chi connectivity index (χ0) is 13.5. The molecule has 1 N–H and O–H groups in total. The van der Waals surface area contributed by atoms with Crippen LogP contribution in [0.15, 0.2) is 35.8 Å². The maximum Gasteiger partial charge on any atom is 0.128 e. The van der Waals surface area contributed by atoms with Crippen molar-refractivity contribution >= 4 is 17.2 Å². The Morgan fingerprint density at radius 3 is 3.00 bits per heavy atom. The van der Waals surface area contributed by atoms with E-state index in [0.717, 1.165) is 31.9 Å². The van der Waals surface area contributed by atoms with Gasteiger partial charge in [-0.15, -0.1) is 11.3 Å². The molecule has 2 heterocycles. The standard InChI is InChI=1S/C15H21N3S/c1-3-7-16-11-13-6-8-17-15(10-13)18(2)12-14-5-4-9-19-14/h4-6,8-10,16H,3,7,11-12H2,1-2H3. The topological polar surface area (TPSA) is 28.2 Å². The largest absolute Gasteiger partial charge is 0.355 e. The molecule has 2 aromatic heterocycles. The maximum atomic E-state index is 4.45. The molecule has 0 radical (unpaired) electrons. The van der Waals surface area contributed by atoms with Gasteiger partial charge in [0.05, 0.1) is 6.54 Å². The van der Waals surface area contributed by atoms with Crippen LogP contribution < -0.4 is 10.2 Å². The van der Waals surface area contributed by atoms with Crippen molar-refractivity contribution < 1.29 is 0 Å². The zero-order valence-electron chi connectivity index (χ0n) is 11.6. The van der Waals surface area contributed by atoms with Gasteiger partial charge in [0.2, 0.25) is 0 Å². The number of nitrogens with one attached hydrogen (secondary N) is 1. The predicted octanol–water partition coefficient (Wildman–Crippen LogP) is 3.28. The Balaban J connectivity index is 1.97. The van der Waals surface area contributed by atoms with Gasteiger partial charge >= 0.3 is 0 Å². The summed E-state index contributed by atoms with van der Waals surface area (Å²) in [6.07, 6.45) is 3.05. The average molecular weight is 275 g/mol. The quantitative estimate of drug-likeness (QED) is 0.786. The molecule has 0 unspecified atom stereocenters. The van der Waals surface area contributed by atoms with E-state index in [0.29, 0.717) is 0 Å². The van der Waals surface area contributed by atoms with Gasteiger partial charge in [-0.1, -0.05) is 13.0 Å². The molecule has 3 nitrogen and oxygen atoms in total. The van der Waals surface area contributed by atoms with E-state index in [1.54, 1.807) is 11.3 Å². The highest BCUT2D eigenvalue weighted by molar-refractivity contribution is 7.09. The van der Waals surface area contributed by atoms with Crippen LogP contribution in [0.2, 0.25) is 0 Å². The van der Waals surface area contributed by atoms with Crippen LogP contribution in [0.25, 0.3) is 0 Å². The molecule has 0 bridgehead atoms. The van der Waals surface area contributed by atoms with Crippen LogP contribution in [0.1, 0.15) is 23.8 Å². The summed E-state index contributed by atoms with van der Waals surface area (Å²) >= 11 is 1.79. The van der Waals surface area contributed by atoms with Crippen LogP contribution >= 0.6 is 11.3 Å². The monoisotopic (exact) mass is 275 g/mol. The van der Waals surface area contributed by atoms with E-state index < -0.39 is 0 Å². The van der Waals surface area contributed by atoms with Crippen molar-refractivity contribution in [2.75, 3.05) is 18.5 Å². The van der Waals surface area contributed by atoms with Crippen molar-refractivity contribution in [2.24, 2.45) is 0 Å². The second-order valence-electron chi connectivity index (χ2n) is 4.63. The summed E-state index contributed by atoms with van der Waals surface area (Å²) < 4.78 is 0. The zero-order valence-corrected chi connectivity index (χ0v) is 12.4. The molecule has 19 heavy (non-hydrogen) atoms. The van der Waals surface area contributed by atoms with Gasteiger partial charge in [0.25, 0.3) is 0 Å². The molecule has 0 atom stereocenters. The predicted molar refractivity (Wildman–Crippen MR) is 82.7 cm³/mol. The summed E-state index contributed by atoms with van der Waals surface area (Å²) in [5.74, 6) is 1.03. The van der Waals surface area contributed by atoms with Crippen LogP contribution in [0.5, 0.6) is 0 Å². The first-order valence-corrected chi connectivity index (χ1v) is 7.56. The second kappa shape index (κ2) is 7.26. The first-order valence-electron chi connectivity index (χ1n) is 6.68. The number of nitrogens with zero attached hydrogens (tertiary/aromatic N) is 2. The molecular formula is C15H21N3S. The third-order valence-corrected chi connectivity index (χ3v) is 3.79. The number of hydrogen-bond donors (Lipinski definition) is 1. The van der Waals surface area contributed by atoms with E-state index in [1.165, 1.54) is 10.4 Å². The minimum Gasteiger partial charge on any atom is -0.355 e. The summed E-state index contributed by atoms with van der Waals surface area (Å²) in [5.41, 5.74) is 1.29. The highest BCUT2D eigenvalue weighted by Crippen LogP contribution is 2.17. The number of pyridine rings is 1. The van der Waals surface area contributed by atoms with Crippen LogP contribution in [-0.2, 0) is 13.1 Å².